The van der Waals surface area contributed by atoms with Crippen molar-refractivity contribution in [3.8, 4) is 34.6 Å². The summed E-state index contributed by atoms with van der Waals surface area (Å²) in [6.45, 7) is 7.74. The average molecular weight is 599 g/mol. The van der Waals surface area contributed by atoms with Crippen LogP contribution in [0, 0.1) is 11.8 Å². The standard InChI is InChI=1S/C23H27N5O3.C10H11NO2/c1-3-27-12-14-28(15-13-27)21-11-10-20(30)22(26-21)18-7-4-17(5-8-18)6-9-19(24-2)23(31)25-16-29;1-11-6-7-3-4-8(13-2)5-9(7)10(11)12/h4-5,7-8,10-11,16,19,24,30H,3,12-15H2,1-2H3,(H,25,29,31);3-5H,6H2,1-2H3/t19-;/m0./s1. The van der Waals surface area contributed by atoms with E-state index in [9.17, 15) is 19.5 Å². The number of aromatic hydroxyl groups is 1. The first-order valence-electron chi connectivity index (χ1n) is 14.4. The van der Waals surface area contributed by atoms with Crippen LogP contribution >= 0.6 is 0 Å². The quantitative estimate of drug-likeness (QED) is 0.277. The van der Waals surface area contributed by atoms with Crippen molar-refractivity contribution in [3.63, 3.8) is 0 Å². The van der Waals surface area contributed by atoms with E-state index in [1.807, 2.05) is 30.3 Å². The van der Waals surface area contributed by atoms with Crippen molar-refractivity contribution >= 4 is 24.0 Å². The van der Waals surface area contributed by atoms with Crippen LogP contribution < -0.4 is 20.3 Å². The van der Waals surface area contributed by atoms with Crippen LogP contribution in [0.1, 0.15) is 28.4 Å². The number of nitrogens with zero attached hydrogens (tertiary/aromatic N) is 4. The largest absolute Gasteiger partial charge is 0.506 e. The lowest BCUT2D eigenvalue weighted by atomic mass is 10.1. The Morgan fingerprint density at radius 1 is 1.11 bits per heavy atom. The molecule has 3 amide bonds. The van der Waals surface area contributed by atoms with Crippen molar-refractivity contribution in [1.82, 2.24) is 25.4 Å². The number of imide groups is 1. The van der Waals surface area contributed by atoms with Crippen LogP contribution in [0.25, 0.3) is 11.3 Å². The lowest BCUT2D eigenvalue weighted by Gasteiger charge is -2.34. The summed E-state index contributed by atoms with van der Waals surface area (Å²) >= 11 is 0. The van der Waals surface area contributed by atoms with Gasteiger partial charge in [-0.3, -0.25) is 25.0 Å². The van der Waals surface area contributed by atoms with Gasteiger partial charge in [0.15, 0.2) is 0 Å². The fraction of sp³-hybridized carbons (Fsp3) is 0.333. The van der Waals surface area contributed by atoms with E-state index in [1.54, 1.807) is 50.4 Å². The molecule has 0 aliphatic carbocycles. The first-order valence-corrected chi connectivity index (χ1v) is 14.4. The lowest BCUT2D eigenvalue weighted by molar-refractivity contribution is -0.125. The third-order valence-corrected chi connectivity index (χ3v) is 7.58. The van der Waals surface area contributed by atoms with Crippen LogP contribution in [0.3, 0.4) is 0 Å². The monoisotopic (exact) mass is 598 g/mol. The van der Waals surface area contributed by atoms with E-state index in [2.05, 4.69) is 39.2 Å². The number of carbonyl (C=O) groups is 3. The molecule has 11 nitrogen and oxygen atoms in total. The first kappa shape index (κ1) is 32.0. The molecule has 5 rings (SSSR count). The zero-order valence-electron chi connectivity index (χ0n) is 25.5. The summed E-state index contributed by atoms with van der Waals surface area (Å²) in [5.74, 6) is 6.99. The molecule has 0 unspecified atom stereocenters. The van der Waals surface area contributed by atoms with E-state index >= 15 is 0 Å². The second kappa shape index (κ2) is 15.0. The van der Waals surface area contributed by atoms with E-state index in [0.717, 1.165) is 61.0 Å². The highest BCUT2D eigenvalue weighted by Gasteiger charge is 2.24. The lowest BCUT2D eigenvalue weighted by Crippen LogP contribution is -2.46. The van der Waals surface area contributed by atoms with Crippen molar-refractivity contribution in [2.24, 2.45) is 0 Å². The molecule has 1 fully saturated rings. The number of amides is 3. The highest BCUT2D eigenvalue weighted by atomic mass is 16.5. The molecule has 1 aromatic heterocycles. The van der Waals surface area contributed by atoms with Gasteiger partial charge in [-0.05, 0) is 55.6 Å². The third-order valence-electron chi connectivity index (χ3n) is 7.58. The van der Waals surface area contributed by atoms with Crippen LogP contribution in [0.5, 0.6) is 11.5 Å². The van der Waals surface area contributed by atoms with Gasteiger partial charge in [0.2, 0.25) is 6.41 Å². The molecule has 3 heterocycles. The number of nitrogens with one attached hydrogen (secondary N) is 2. The molecule has 0 saturated carbocycles. The number of ether oxygens (including phenoxy) is 1. The number of pyridine rings is 1. The normalized spacial score (nSPS) is 14.9. The number of piperazine rings is 1. The maximum atomic E-state index is 11.7. The molecule has 3 aromatic rings. The Balaban J connectivity index is 0.000000281. The summed E-state index contributed by atoms with van der Waals surface area (Å²) in [6, 6.07) is 15.6. The number of methoxy groups -OCH3 is 1. The average Bonchev–Trinajstić information content (AvgIpc) is 3.34. The number of hydrogen-bond acceptors (Lipinski definition) is 9. The van der Waals surface area contributed by atoms with Crippen molar-refractivity contribution in [2.45, 2.75) is 19.5 Å². The molecule has 2 aliphatic rings. The van der Waals surface area contributed by atoms with Crippen LogP contribution in [0.15, 0.2) is 54.6 Å². The van der Waals surface area contributed by atoms with Gasteiger partial charge in [0.1, 0.15) is 29.1 Å². The van der Waals surface area contributed by atoms with Gasteiger partial charge in [-0.2, -0.15) is 0 Å². The van der Waals surface area contributed by atoms with Gasteiger partial charge < -0.3 is 24.5 Å². The minimum atomic E-state index is -0.791. The molecule has 1 atom stereocenters. The third kappa shape index (κ3) is 7.72. The van der Waals surface area contributed by atoms with E-state index in [0.29, 0.717) is 24.2 Å². The van der Waals surface area contributed by atoms with Crippen LogP contribution in [-0.4, -0.2) is 98.1 Å². The molecule has 11 heteroatoms. The number of rotatable bonds is 7. The Labute approximate surface area is 257 Å². The fourth-order valence-corrected chi connectivity index (χ4v) is 4.95. The Morgan fingerprint density at radius 3 is 2.48 bits per heavy atom. The van der Waals surface area contributed by atoms with Gasteiger partial charge in [0.25, 0.3) is 11.8 Å². The molecule has 0 spiro atoms. The summed E-state index contributed by atoms with van der Waals surface area (Å²) in [4.78, 5) is 44.7. The predicted molar refractivity (Wildman–Crippen MR) is 168 cm³/mol. The second-order valence-corrected chi connectivity index (χ2v) is 10.3. The molecule has 230 valence electrons. The van der Waals surface area contributed by atoms with Gasteiger partial charge in [0, 0.05) is 56.5 Å². The number of carbonyl (C=O) groups excluding carboxylic acids is 3. The Morgan fingerprint density at radius 2 is 1.84 bits per heavy atom. The number of aromatic nitrogens is 1. The maximum Gasteiger partial charge on any atom is 0.255 e. The summed E-state index contributed by atoms with van der Waals surface area (Å²) in [5, 5.41) is 15.2. The van der Waals surface area contributed by atoms with Crippen LogP contribution in [0.4, 0.5) is 5.82 Å². The number of anilines is 1. The molecule has 2 aliphatic heterocycles. The Bertz CT molecular complexity index is 1540. The second-order valence-electron chi connectivity index (χ2n) is 10.3. The highest BCUT2D eigenvalue weighted by Crippen LogP contribution is 2.30. The predicted octanol–water partition coefficient (Wildman–Crippen LogP) is 2.09. The molecule has 2 aromatic carbocycles. The molecule has 3 N–H and O–H groups in total. The Kier molecular flexibility index (Phi) is 10.9. The number of fused-ring (bicyclic) bond motifs is 1. The summed E-state index contributed by atoms with van der Waals surface area (Å²) in [5.41, 5.74) is 3.85. The zero-order chi connectivity index (χ0) is 31.6. The zero-order valence-corrected chi connectivity index (χ0v) is 25.5. The van der Waals surface area contributed by atoms with Gasteiger partial charge >= 0.3 is 0 Å². The number of hydrogen-bond donors (Lipinski definition) is 3. The van der Waals surface area contributed by atoms with Gasteiger partial charge in [0.05, 0.1) is 7.11 Å². The molecule has 0 bridgehead atoms. The topological polar surface area (TPSA) is 127 Å². The number of benzene rings is 2. The van der Waals surface area contributed by atoms with E-state index in [1.165, 1.54) is 0 Å². The van der Waals surface area contributed by atoms with Crippen LogP contribution in [0.2, 0.25) is 0 Å². The van der Waals surface area contributed by atoms with Crippen molar-refractivity contribution in [3.05, 3.63) is 71.3 Å². The van der Waals surface area contributed by atoms with E-state index in [4.69, 9.17) is 9.72 Å². The number of likely N-dealkylation sites (N-methyl/N-ethyl adjacent to an activating group) is 2. The summed E-state index contributed by atoms with van der Waals surface area (Å²) in [6.07, 6.45) is 0.334. The van der Waals surface area contributed by atoms with Crippen molar-refractivity contribution in [2.75, 3.05) is 58.8 Å². The van der Waals surface area contributed by atoms with Crippen molar-refractivity contribution < 1.29 is 24.2 Å². The van der Waals surface area contributed by atoms with Crippen molar-refractivity contribution in [1.29, 1.82) is 0 Å². The minimum Gasteiger partial charge on any atom is -0.506 e. The molecular formula is C33H38N6O5. The summed E-state index contributed by atoms with van der Waals surface area (Å²) < 4.78 is 5.05. The van der Waals surface area contributed by atoms with E-state index < -0.39 is 11.9 Å². The summed E-state index contributed by atoms with van der Waals surface area (Å²) in [7, 11) is 5.00. The fourth-order valence-electron chi connectivity index (χ4n) is 4.95. The first-order chi connectivity index (χ1) is 21.3. The SMILES string of the molecule is CCN1CCN(c2ccc(O)c(-c3ccc(C#C[C@H](NC)C(=O)NC=O)cc3)n2)CC1.COc1ccc2c(c1)C(=O)N(C)C2. The maximum absolute atomic E-state index is 11.7. The molecular weight excluding hydrogens is 560 g/mol. The molecule has 0 radical (unpaired) electrons. The Hall–Kier alpha value is -4.92. The smallest absolute Gasteiger partial charge is 0.255 e. The van der Waals surface area contributed by atoms with Gasteiger partial charge in [-0.1, -0.05) is 37.0 Å². The van der Waals surface area contributed by atoms with E-state index in [-0.39, 0.29) is 11.7 Å². The van der Waals surface area contributed by atoms with Gasteiger partial charge in [-0.25, -0.2) is 4.98 Å². The highest BCUT2D eigenvalue weighted by molar-refractivity contribution is 5.98. The van der Waals surface area contributed by atoms with Crippen LogP contribution in [-0.2, 0) is 16.1 Å². The minimum absolute atomic E-state index is 0.0777. The molecule has 1 saturated heterocycles. The molecule has 44 heavy (non-hydrogen) atoms. The van der Waals surface area contributed by atoms with Gasteiger partial charge in [-0.15, -0.1) is 0 Å².